The number of carbonyl (C=O) groups is 1. The van der Waals surface area contributed by atoms with Gasteiger partial charge >= 0.3 is 5.97 Å². The highest BCUT2D eigenvalue weighted by Crippen LogP contribution is 2.25. The first-order valence-electron chi connectivity index (χ1n) is 5.08. The van der Waals surface area contributed by atoms with Gasteiger partial charge in [0.15, 0.2) is 0 Å². The number of hydrogen-bond acceptors (Lipinski definition) is 4. The summed E-state index contributed by atoms with van der Waals surface area (Å²) in [6.45, 7) is 2.01. The van der Waals surface area contributed by atoms with Crippen LogP contribution in [0.2, 0.25) is 0 Å². The first-order chi connectivity index (χ1) is 8.12. The number of ether oxygens (including phenoxy) is 1. The number of hydrogen-bond donors (Lipinski definition) is 1. The van der Waals surface area contributed by atoms with E-state index in [9.17, 15) is 9.90 Å². The number of benzene rings is 1. The van der Waals surface area contributed by atoms with Crippen LogP contribution >= 0.6 is 15.9 Å². The molecule has 17 heavy (non-hydrogen) atoms. The van der Waals surface area contributed by atoms with Crippen molar-refractivity contribution < 1.29 is 14.6 Å². The first-order valence-corrected chi connectivity index (χ1v) is 6.21. The molecule has 0 bridgehead atoms. The lowest BCUT2D eigenvalue weighted by Crippen LogP contribution is -2.09. The highest BCUT2D eigenvalue weighted by molar-refractivity contribution is 9.08. The van der Waals surface area contributed by atoms with Gasteiger partial charge in [0.2, 0.25) is 0 Å². The Morgan fingerprint density at radius 1 is 1.53 bits per heavy atom. The SMILES string of the molecule is CCOC(=O)Cc1cc(O)c(CBr)cc1C#N. The van der Waals surface area contributed by atoms with Crippen molar-refractivity contribution >= 4 is 21.9 Å². The zero-order valence-electron chi connectivity index (χ0n) is 9.36. The monoisotopic (exact) mass is 297 g/mol. The zero-order valence-corrected chi connectivity index (χ0v) is 11.0. The molecule has 0 aromatic heterocycles. The molecule has 1 rings (SSSR count). The predicted octanol–water partition coefficient (Wildman–Crippen LogP) is 2.26. The van der Waals surface area contributed by atoms with Crippen LogP contribution in [0.25, 0.3) is 0 Å². The number of aromatic hydroxyl groups is 1. The zero-order chi connectivity index (χ0) is 12.8. The van der Waals surface area contributed by atoms with Crippen LogP contribution in [0.3, 0.4) is 0 Å². The fourth-order valence-corrected chi connectivity index (χ4v) is 1.85. The summed E-state index contributed by atoms with van der Waals surface area (Å²) < 4.78 is 4.80. The molecule has 0 saturated heterocycles. The van der Waals surface area contributed by atoms with E-state index < -0.39 is 5.97 Å². The Hall–Kier alpha value is -1.54. The smallest absolute Gasteiger partial charge is 0.310 e. The van der Waals surface area contributed by atoms with Gasteiger partial charge in [0.1, 0.15) is 5.75 Å². The predicted molar refractivity (Wildman–Crippen MR) is 65.8 cm³/mol. The van der Waals surface area contributed by atoms with Gasteiger partial charge in [-0.15, -0.1) is 0 Å². The summed E-state index contributed by atoms with van der Waals surface area (Å²) in [6, 6.07) is 5.01. The highest BCUT2D eigenvalue weighted by atomic mass is 79.9. The van der Waals surface area contributed by atoms with E-state index in [-0.39, 0.29) is 12.2 Å². The van der Waals surface area contributed by atoms with E-state index in [1.165, 1.54) is 6.07 Å². The van der Waals surface area contributed by atoms with Gasteiger partial charge in [-0.05, 0) is 24.6 Å². The fraction of sp³-hybridized carbons (Fsp3) is 0.333. The Bertz CT molecular complexity index is 466. The minimum absolute atomic E-state index is 0.00708. The molecule has 0 spiro atoms. The van der Waals surface area contributed by atoms with E-state index in [0.717, 1.165) is 0 Å². The van der Waals surface area contributed by atoms with Gasteiger partial charge in [-0.25, -0.2) is 0 Å². The molecule has 0 aliphatic heterocycles. The molecule has 1 N–H and O–H groups in total. The van der Waals surface area contributed by atoms with Crippen LogP contribution in [-0.4, -0.2) is 17.7 Å². The lowest BCUT2D eigenvalue weighted by atomic mass is 10.0. The molecule has 0 unspecified atom stereocenters. The summed E-state index contributed by atoms with van der Waals surface area (Å²) in [5.41, 5.74) is 1.48. The van der Waals surface area contributed by atoms with Crippen molar-refractivity contribution in [2.45, 2.75) is 18.7 Å². The third kappa shape index (κ3) is 3.46. The van der Waals surface area contributed by atoms with Crippen LogP contribution in [-0.2, 0) is 21.3 Å². The highest BCUT2D eigenvalue weighted by Gasteiger charge is 2.12. The van der Waals surface area contributed by atoms with Crippen LogP contribution in [0.1, 0.15) is 23.6 Å². The summed E-state index contributed by atoms with van der Waals surface area (Å²) in [4.78, 5) is 11.3. The molecule has 4 nitrogen and oxygen atoms in total. The molecule has 1 aromatic rings. The van der Waals surface area contributed by atoms with Crippen molar-refractivity contribution in [2.24, 2.45) is 0 Å². The van der Waals surface area contributed by atoms with Crippen LogP contribution in [0.15, 0.2) is 12.1 Å². The fourth-order valence-electron chi connectivity index (χ4n) is 1.40. The quantitative estimate of drug-likeness (QED) is 0.684. The molecule has 1 aromatic carbocycles. The van der Waals surface area contributed by atoms with Gasteiger partial charge in [0, 0.05) is 10.9 Å². The molecular formula is C12H12BrNO3. The van der Waals surface area contributed by atoms with Gasteiger partial charge in [-0.2, -0.15) is 5.26 Å². The summed E-state index contributed by atoms with van der Waals surface area (Å²) in [5, 5.41) is 19.1. The lowest BCUT2D eigenvalue weighted by molar-refractivity contribution is -0.142. The second-order valence-corrected chi connectivity index (χ2v) is 3.93. The van der Waals surface area contributed by atoms with Crippen molar-refractivity contribution in [3.05, 3.63) is 28.8 Å². The average molecular weight is 298 g/mol. The van der Waals surface area contributed by atoms with Crippen molar-refractivity contribution in [3.8, 4) is 11.8 Å². The maximum absolute atomic E-state index is 11.3. The lowest BCUT2D eigenvalue weighted by Gasteiger charge is -2.07. The number of rotatable bonds is 4. The largest absolute Gasteiger partial charge is 0.508 e. The summed E-state index contributed by atoms with van der Waals surface area (Å²) in [7, 11) is 0. The van der Waals surface area contributed by atoms with Crippen LogP contribution in [0.5, 0.6) is 5.75 Å². The number of phenols is 1. The molecule has 5 heteroatoms. The summed E-state index contributed by atoms with van der Waals surface area (Å²) in [5.74, 6) is -0.338. The topological polar surface area (TPSA) is 70.3 Å². The Labute approximate surface area is 108 Å². The summed E-state index contributed by atoms with van der Waals surface area (Å²) in [6.07, 6.45) is -0.00708. The Kier molecular flexibility index (Phi) is 4.98. The van der Waals surface area contributed by atoms with Crippen LogP contribution < -0.4 is 0 Å². The second kappa shape index (κ2) is 6.26. The molecular weight excluding hydrogens is 286 g/mol. The van der Waals surface area contributed by atoms with Gasteiger partial charge < -0.3 is 9.84 Å². The van der Waals surface area contributed by atoms with Gasteiger partial charge in [0.25, 0.3) is 0 Å². The number of carbonyl (C=O) groups excluding carboxylic acids is 1. The third-order valence-corrected chi connectivity index (χ3v) is 2.81. The number of phenolic OH excluding ortho intramolecular Hbond substituents is 1. The first kappa shape index (κ1) is 13.5. The van der Waals surface area contributed by atoms with Gasteiger partial charge in [0.05, 0.1) is 24.7 Å². The minimum Gasteiger partial charge on any atom is -0.508 e. The van der Waals surface area contributed by atoms with Gasteiger partial charge in [-0.3, -0.25) is 4.79 Å². The molecule has 0 amide bonds. The molecule has 0 fully saturated rings. The van der Waals surface area contributed by atoms with E-state index in [1.807, 2.05) is 6.07 Å². The maximum Gasteiger partial charge on any atom is 0.310 e. The maximum atomic E-state index is 11.3. The molecule has 0 saturated carbocycles. The normalized spacial score (nSPS) is 9.71. The van der Waals surface area contributed by atoms with E-state index in [0.29, 0.717) is 28.6 Å². The van der Waals surface area contributed by atoms with E-state index in [4.69, 9.17) is 10.00 Å². The molecule has 0 aliphatic carbocycles. The molecule has 90 valence electrons. The van der Waals surface area contributed by atoms with Crippen LogP contribution in [0.4, 0.5) is 0 Å². The van der Waals surface area contributed by atoms with Crippen molar-refractivity contribution in [3.63, 3.8) is 0 Å². The van der Waals surface area contributed by atoms with Crippen molar-refractivity contribution in [1.82, 2.24) is 0 Å². The number of nitrogens with zero attached hydrogens (tertiary/aromatic N) is 1. The molecule has 0 aliphatic rings. The van der Waals surface area contributed by atoms with Gasteiger partial charge in [-0.1, -0.05) is 15.9 Å². The standard InChI is InChI=1S/C12H12BrNO3/c1-2-17-12(16)5-8-4-11(15)9(6-13)3-10(8)7-14/h3-4,15H,2,5-6H2,1H3. The van der Waals surface area contributed by atoms with Crippen molar-refractivity contribution in [2.75, 3.05) is 6.61 Å². The number of esters is 1. The molecule has 0 atom stereocenters. The number of nitriles is 1. The Morgan fingerprint density at radius 2 is 2.24 bits per heavy atom. The Morgan fingerprint density at radius 3 is 2.76 bits per heavy atom. The number of halogens is 1. The second-order valence-electron chi connectivity index (χ2n) is 3.37. The number of alkyl halides is 1. The van der Waals surface area contributed by atoms with Crippen LogP contribution in [0, 0.1) is 11.3 Å². The third-order valence-electron chi connectivity index (χ3n) is 2.21. The average Bonchev–Trinajstić information content (AvgIpc) is 2.29. The van der Waals surface area contributed by atoms with E-state index in [2.05, 4.69) is 15.9 Å². The van der Waals surface area contributed by atoms with Crippen molar-refractivity contribution in [1.29, 1.82) is 5.26 Å². The molecule has 0 heterocycles. The molecule has 0 radical (unpaired) electrons. The van der Waals surface area contributed by atoms with E-state index in [1.54, 1.807) is 13.0 Å². The minimum atomic E-state index is -0.407. The summed E-state index contributed by atoms with van der Waals surface area (Å²) >= 11 is 3.21. The van der Waals surface area contributed by atoms with E-state index >= 15 is 0 Å². The Balaban J connectivity index is 3.03.